The molecule has 6 atom stereocenters. The molecule has 5 heteroatoms. The Labute approximate surface area is 140 Å². The molecule has 4 aliphatic carbocycles. The number of rotatable bonds is 3. The topological polar surface area (TPSA) is 69.4 Å². The second-order valence-corrected chi connectivity index (χ2v) is 8.11. The summed E-state index contributed by atoms with van der Waals surface area (Å²) in [5.41, 5.74) is 0.201. The quantitative estimate of drug-likeness (QED) is 0.364. The fraction of sp³-hybridized carbons (Fsp3) is 0.632. The van der Waals surface area contributed by atoms with Gasteiger partial charge in [-0.3, -0.25) is 10.1 Å². The normalized spacial score (nSPS) is 41.4. The van der Waals surface area contributed by atoms with Crippen molar-refractivity contribution in [3.63, 3.8) is 0 Å². The summed E-state index contributed by atoms with van der Waals surface area (Å²) in [5.74, 6) is 2.83. The number of nitro groups is 1. The van der Waals surface area contributed by atoms with Crippen molar-refractivity contribution in [2.24, 2.45) is 29.6 Å². The molecule has 2 unspecified atom stereocenters. The molecule has 0 radical (unpaired) electrons. The van der Waals surface area contributed by atoms with Crippen LogP contribution in [0.15, 0.2) is 24.3 Å². The fourth-order valence-corrected chi connectivity index (χ4v) is 6.68. The predicted molar refractivity (Wildman–Crippen MR) is 86.4 cm³/mol. The number of ether oxygens (including phenoxy) is 1. The molecule has 4 aliphatic rings. The Kier molecular flexibility index (Phi) is 2.89. The lowest BCUT2D eigenvalue weighted by Crippen LogP contribution is -2.51. The van der Waals surface area contributed by atoms with Crippen molar-refractivity contribution in [1.82, 2.24) is 0 Å². The number of fused-ring (bicyclic) bond motifs is 9. The number of benzene rings is 1. The van der Waals surface area contributed by atoms with Gasteiger partial charge in [0.2, 0.25) is 0 Å². The third-order valence-corrected chi connectivity index (χ3v) is 7.34. The summed E-state index contributed by atoms with van der Waals surface area (Å²) >= 11 is 0. The molecule has 1 aromatic carbocycles. The zero-order valence-electron chi connectivity index (χ0n) is 13.5. The maximum Gasteiger partial charge on any atom is 0.338 e. The summed E-state index contributed by atoms with van der Waals surface area (Å²) in [5, 5.41) is 10.8. The summed E-state index contributed by atoms with van der Waals surface area (Å²) in [6.07, 6.45) is 7.44. The zero-order valence-corrected chi connectivity index (χ0v) is 13.5. The second-order valence-electron chi connectivity index (χ2n) is 8.11. The summed E-state index contributed by atoms with van der Waals surface area (Å²) in [7, 11) is 0. The third kappa shape index (κ3) is 1.73. The van der Waals surface area contributed by atoms with Crippen LogP contribution >= 0.6 is 0 Å². The molecule has 0 N–H and O–H groups in total. The smallest absolute Gasteiger partial charge is 0.338 e. The first-order valence-corrected chi connectivity index (χ1v) is 9.07. The molecular weight excluding hydrogens is 306 g/mol. The number of nitro benzene ring substituents is 1. The molecule has 0 spiro atoms. The highest BCUT2D eigenvalue weighted by molar-refractivity contribution is 5.90. The maximum absolute atomic E-state index is 12.8. The van der Waals surface area contributed by atoms with Gasteiger partial charge in [-0.25, -0.2) is 4.79 Å². The Bertz CT molecular complexity index is 691. The highest BCUT2D eigenvalue weighted by Crippen LogP contribution is 2.71. The van der Waals surface area contributed by atoms with Crippen LogP contribution in [-0.4, -0.2) is 16.5 Å². The van der Waals surface area contributed by atoms with E-state index >= 15 is 0 Å². The van der Waals surface area contributed by atoms with E-state index < -0.39 is 4.92 Å². The van der Waals surface area contributed by atoms with Crippen LogP contribution in [0, 0.1) is 39.7 Å². The van der Waals surface area contributed by atoms with Gasteiger partial charge in [0.05, 0.1) is 10.5 Å². The molecule has 0 aliphatic heterocycles. The van der Waals surface area contributed by atoms with Gasteiger partial charge in [0.1, 0.15) is 5.60 Å². The number of hydrogen-bond acceptors (Lipinski definition) is 4. The molecule has 0 aromatic heterocycles. The van der Waals surface area contributed by atoms with Crippen LogP contribution in [0.5, 0.6) is 0 Å². The molecule has 5 rings (SSSR count). The van der Waals surface area contributed by atoms with E-state index in [-0.39, 0.29) is 17.3 Å². The molecule has 0 amide bonds. The monoisotopic (exact) mass is 327 g/mol. The molecule has 5 nitrogen and oxygen atoms in total. The molecule has 1 aromatic rings. The molecule has 4 bridgehead atoms. The summed E-state index contributed by atoms with van der Waals surface area (Å²) in [6, 6.07) is 5.81. The SMILES string of the molecule is O=C(OC12C([C@@H]3CC[C@@H]1C3)[C@@H]1CC[C@H]2C1)c1ccc([N+](=O)[O-])cc1. The van der Waals surface area contributed by atoms with Crippen molar-refractivity contribution >= 4 is 11.7 Å². The molecule has 4 fully saturated rings. The largest absolute Gasteiger partial charge is 0.455 e. The molecular formula is C19H21NO4. The Morgan fingerprint density at radius 1 is 1.04 bits per heavy atom. The third-order valence-electron chi connectivity index (χ3n) is 7.34. The van der Waals surface area contributed by atoms with Gasteiger partial charge < -0.3 is 4.74 Å². The van der Waals surface area contributed by atoms with E-state index in [4.69, 9.17) is 4.74 Å². The van der Waals surface area contributed by atoms with Crippen molar-refractivity contribution in [3.05, 3.63) is 39.9 Å². The zero-order chi connectivity index (χ0) is 16.5. The first kappa shape index (κ1) is 14.4. The average Bonchev–Trinajstić information content (AvgIpc) is 3.34. The molecule has 0 heterocycles. The first-order chi connectivity index (χ1) is 11.6. The molecule has 4 saturated carbocycles. The van der Waals surface area contributed by atoms with Crippen LogP contribution in [0.25, 0.3) is 0 Å². The summed E-state index contributed by atoms with van der Waals surface area (Å²) < 4.78 is 6.27. The van der Waals surface area contributed by atoms with Gasteiger partial charge in [0, 0.05) is 18.1 Å². The fourth-order valence-electron chi connectivity index (χ4n) is 6.68. The van der Waals surface area contributed by atoms with Gasteiger partial charge in [0.25, 0.3) is 5.69 Å². The number of nitrogens with zero attached hydrogens (tertiary/aromatic N) is 1. The molecule has 126 valence electrons. The van der Waals surface area contributed by atoms with E-state index in [1.54, 1.807) is 0 Å². The van der Waals surface area contributed by atoms with Crippen molar-refractivity contribution in [1.29, 1.82) is 0 Å². The van der Waals surface area contributed by atoms with Gasteiger partial charge in [-0.1, -0.05) is 0 Å². The highest BCUT2D eigenvalue weighted by Gasteiger charge is 2.71. The van der Waals surface area contributed by atoms with E-state index in [2.05, 4.69) is 0 Å². The number of hydrogen-bond donors (Lipinski definition) is 0. The predicted octanol–water partition coefficient (Wildman–Crippen LogP) is 3.97. The number of carbonyl (C=O) groups is 1. The minimum Gasteiger partial charge on any atom is -0.455 e. The van der Waals surface area contributed by atoms with Crippen molar-refractivity contribution < 1.29 is 14.5 Å². The summed E-state index contributed by atoms with van der Waals surface area (Å²) in [6.45, 7) is 0. The lowest BCUT2D eigenvalue weighted by Gasteiger charge is -2.46. The number of non-ortho nitro benzene ring substituents is 1. The van der Waals surface area contributed by atoms with Crippen LogP contribution in [0.4, 0.5) is 5.69 Å². The standard InChI is InChI=1S/C19H21NO4/c21-18(11-3-7-16(8-4-11)20(22)23)24-19-14-5-1-12(9-14)17(19)13-2-6-15(19)10-13/h3-4,7-8,12-15,17H,1-2,5-6,9-10H2/t12-,13-,14-,15+,17?,19?/m1/s1. The van der Waals surface area contributed by atoms with Gasteiger partial charge in [0.15, 0.2) is 0 Å². The average molecular weight is 327 g/mol. The molecule has 0 saturated heterocycles. The van der Waals surface area contributed by atoms with E-state index in [0.717, 1.165) is 11.8 Å². The van der Waals surface area contributed by atoms with Gasteiger partial charge >= 0.3 is 5.97 Å². The van der Waals surface area contributed by atoms with Crippen LogP contribution in [-0.2, 0) is 4.74 Å². The van der Waals surface area contributed by atoms with Crippen molar-refractivity contribution in [2.45, 2.75) is 44.1 Å². The van der Waals surface area contributed by atoms with Crippen LogP contribution in [0.3, 0.4) is 0 Å². The van der Waals surface area contributed by atoms with E-state index in [0.29, 0.717) is 23.3 Å². The summed E-state index contributed by atoms with van der Waals surface area (Å²) in [4.78, 5) is 23.1. The molecule has 24 heavy (non-hydrogen) atoms. The van der Waals surface area contributed by atoms with Crippen LogP contribution < -0.4 is 0 Å². The van der Waals surface area contributed by atoms with Gasteiger partial charge in [-0.15, -0.1) is 0 Å². The second kappa shape index (κ2) is 4.80. The number of carbonyl (C=O) groups excluding carboxylic acids is 1. The highest BCUT2D eigenvalue weighted by atomic mass is 16.6. The van der Waals surface area contributed by atoms with Gasteiger partial charge in [-0.2, -0.15) is 0 Å². The first-order valence-electron chi connectivity index (χ1n) is 9.07. The van der Waals surface area contributed by atoms with E-state index in [9.17, 15) is 14.9 Å². The van der Waals surface area contributed by atoms with E-state index in [1.165, 1.54) is 62.8 Å². The minimum absolute atomic E-state index is 0.00226. The lowest BCUT2D eigenvalue weighted by atomic mass is 9.67. The number of esters is 1. The maximum atomic E-state index is 12.8. The Balaban J connectivity index is 1.44. The van der Waals surface area contributed by atoms with Crippen LogP contribution in [0.2, 0.25) is 0 Å². The Morgan fingerprint density at radius 3 is 2.17 bits per heavy atom. The van der Waals surface area contributed by atoms with Crippen molar-refractivity contribution in [3.8, 4) is 0 Å². The van der Waals surface area contributed by atoms with Crippen molar-refractivity contribution in [2.75, 3.05) is 0 Å². The van der Waals surface area contributed by atoms with E-state index in [1.807, 2.05) is 0 Å². The van der Waals surface area contributed by atoms with Gasteiger partial charge in [-0.05, 0) is 74.3 Å². The van der Waals surface area contributed by atoms with Crippen LogP contribution in [0.1, 0.15) is 48.9 Å². The Morgan fingerprint density at radius 2 is 1.62 bits per heavy atom. The minimum atomic E-state index is -0.449. The lowest BCUT2D eigenvalue weighted by molar-refractivity contribution is -0.384. The Hall–Kier alpha value is -1.91.